The summed E-state index contributed by atoms with van der Waals surface area (Å²) in [6, 6.07) is 1.62. The number of hydrogen-bond acceptors (Lipinski definition) is 2. The smallest absolute Gasteiger partial charge is 0.227 e. The van der Waals surface area contributed by atoms with Gasteiger partial charge in [-0.2, -0.15) is 0 Å². The first-order valence-corrected chi connectivity index (χ1v) is 8.42. The van der Waals surface area contributed by atoms with E-state index in [9.17, 15) is 4.79 Å². The van der Waals surface area contributed by atoms with E-state index in [4.69, 9.17) is 0 Å². The second-order valence-corrected chi connectivity index (χ2v) is 9.07. The summed E-state index contributed by atoms with van der Waals surface area (Å²) in [7, 11) is 0. The number of carbonyl (C=O) groups is 1. The fourth-order valence-corrected chi connectivity index (χ4v) is 6.03. The molecule has 0 aromatic carbocycles. The Labute approximate surface area is 122 Å². The van der Waals surface area contributed by atoms with E-state index in [1.165, 1.54) is 32.1 Å². The van der Waals surface area contributed by atoms with Crippen LogP contribution < -0.4 is 5.32 Å². The van der Waals surface area contributed by atoms with Gasteiger partial charge in [0.25, 0.3) is 0 Å². The van der Waals surface area contributed by atoms with Crippen LogP contribution in [-0.4, -0.2) is 35.5 Å². The zero-order chi connectivity index (χ0) is 14.1. The van der Waals surface area contributed by atoms with Gasteiger partial charge in [0.2, 0.25) is 5.91 Å². The van der Waals surface area contributed by atoms with E-state index in [2.05, 4.69) is 31.0 Å². The minimum absolute atomic E-state index is 0.278. The third-order valence-electron chi connectivity index (χ3n) is 6.32. The third kappa shape index (κ3) is 1.93. The van der Waals surface area contributed by atoms with E-state index in [-0.39, 0.29) is 5.92 Å². The summed E-state index contributed by atoms with van der Waals surface area (Å²) in [5.41, 5.74) is 0.771. The molecule has 112 valence electrons. The molecule has 5 unspecified atom stereocenters. The minimum atomic E-state index is 0.278. The zero-order valence-corrected chi connectivity index (χ0v) is 13.1. The van der Waals surface area contributed by atoms with E-state index in [0.717, 1.165) is 13.0 Å². The largest absolute Gasteiger partial charge is 0.339 e. The molecule has 3 saturated heterocycles. The van der Waals surface area contributed by atoms with Crippen molar-refractivity contribution in [2.75, 3.05) is 6.54 Å². The first-order valence-electron chi connectivity index (χ1n) is 8.42. The van der Waals surface area contributed by atoms with Crippen LogP contribution in [0.3, 0.4) is 0 Å². The minimum Gasteiger partial charge on any atom is -0.339 e. The highest BCUT2D eigenvalue weighted by molar-refractivity contribution is 5.81. The number of likely N-dealkylation sites (tertiary alicyclic amines) is 1. The molecule has 4 bridgehead atoms. The maximum Gasteiger partial charge on any atom is 0.227 e. The summed E-state index contributed by atoms with van der Waals surface area (Å²) in [6.07, 6.45) is 7.28. The highest BCUT2D eigenvalue weighted by Crippen LogP contribution is 2.53. The molecule has 4 aliphatic rings. The Balaban J connectivity index is 1.53. The Hall–Kier alpha value is -0.570. The second-order valence-electron chi connectivity index (χ2n) is 9.07. The van der Waals surface area contributed by atoms with Gasteiger partial charge in [0.1, 0.15) is 0 Å². The van der Waals surface area contributed by atoms with Crippen molar-refractivity contribution in [3.63, 3.8) is 0 Å². The van der Waals surface area contributed by atoms with E-state index < -0.39 is 0 Å². The first kappa shape index (κ1) is 13.1. The van der Waals surface area contributed by atoms with Gasteiger partial charge in [0.15, 0.2) is 0 Å². The molecule has 1 N–H and O–H groups in total. The van der Waals surface area contributed by atoms with Crippen LogP contribution in [-0.2, 0) is 4.79 Å². The lowest BCUT2D eigenvalue weighted by molar-refractivity contribution is -0.137. The highest BCUT2D eigenvalue weighted by Gasteiger charge is 2.53. The van der Waals surface area contributed by atoms with Crippen LogP contribution in [0.2, 0.25) is 0 Å². The Kier molecular flexibility index (Phi) is 2.62. The van der Waals surface area contributed by atoms with Crippen LogP contribution in [0, 0.1) is 16.7 Å². The van der Waals surface area contributed by atoms with Crippen molar-refractivity contribution in [3.8, 4) is 0 Å². The SMILES string of the molecule is CC1(C)CC2CC(C)(CN2C(=O)C2CC3CCC2N3)C1. The summed E-state index contributed by atoms with van der Waals surface area (Å²) in [5.74, 6) is 0.746. The molecule has 5 atom stereocenters. The number of fused-ring (bicyclic) bond motifs is 4. The molecule has 1 saturated carbocycles. The maximum absolute atomic E-state index is 13.0. The second kappa shape index (κ2) is 4.00. The number of amides is 1. The van der Waals surface area contributed by atoms with Gasteiger partial charge in [-0.15, -0.1) is 0 Å². The van der Waals surface area contributed by atoms with Crippen LogP contribution in [0.4, 0.5) is 0 Å². The van der Waals surface area contributed by atoms with Gasteiger partial charge in [-0.3, -0.25) is 4.79 Å². The predicted molar refractivity (Wildman–Crippen MR) is 79.3 cm³/mol. The van der Waals surface area contributed by atoms with Crippen LogP contribution in [0.15, 0.2) is 0 Å². The average molecular weight is 276 g/mol. The van der Waals surface area contributed by atoms with Gasteiger partial charge in [-0.1, -0.05) is 20.8 Å². The maximum atomic E-state index is 13.0. The van der Waals surface area contributed by atoms with Crippen LogP contribution in [0.5, 0.6) is 0 Å². The lowest BCUT2D eigenvalue weighted by Crippen LogP contribution is -2.44. The molecule has 3 aliphatic heterocycles. The molecule has 0 radical (unpaired) electrons. The van der Waals surface area contributed by atoms with Gasteiger partial charge >= 0.3 is 0 Å². The fourth-order valence-electron chi connectivity index (χ4n) is 6.03. The average Bonchev–Trinajstić information content (AvgIpc) is 2.99. The van der Waals surface area contributed by atoms with Crippen molar-refractivity contribution >= 4 is 5.91 Å². The van der Waals surface area contributed by atoms with Crippen molar-refractivity contribution in [2.45, 2.75) is 77.4 Å². The number of rotatable bonds is 1. The summed E-state index contributed by atoms with van der Waals surface area (Å²) in [4.78, 5) is 15.3. The van der Waals surface area contributed by atoms with Gasteiger partial charge in [0, 0.05) is 24.7 Å². The summed E-state index contributed by atoms with van der Waals surface area (Å²) in [6.45, 7) is 8.16. The van der Waals surface area contributed by atoms with Crippen molar-refractivity contribution in [3.05, 3.63) is 0 Å². The van der Waals surface area contributed by atoms with Crippen molar-refractivity contribution in [1.29, 1.82) is 0 Å². The molecule has 3 nitrogen and oxygen atoms in total. The number of nitrogens with one attached hydrogen (secondary N) is 1. The van der Waals surface area contributed by atoms with Crippen LogP contribution in [0.1, 0.15) is 59.3 Å². The molecule has 1 amide bonds. The Morgan fingerprint density at radius 1 is 1.20 bits per heavy atom. The highest BCUT2D eigenvalue weighted by atomic mass is 16.2. The molecule has 3 heteroatoms. The van der Waals surface area contributed by atoms with Crippen molar-refractivity contribution in [1.82, 2.24) is 10.2 Å². The molecule has 0 spiro atoms. The van der Waals surface area contributed by atoms with Crippen molar-refractivity contribution < 1.29 is 4.79 Å². The lowest BCUT2D eigenvalue weighted by atomic mass is 9.65. The molecule has 3 heterocycles. The van der Waals surface area contributed by atoms with Gasteiger partial charge in [-0.25, -0.2) is 0 Å². The van der Waals surface area contributed by atoms with Crippen LogP contribution in [0.25, 0.3) is 0 Å². The molecular formula is C17H28N2O. The lowest BCUT2D eigenvalue weighted by Gasteiger charge is -2.39. The number of carbonyl (C=O) groups excluding carboxylic acids is 1. The zero-order valence-electron chi connectivity index (χ0n) is 13.1. The Morgan fingerprint density at radius 2 is 2.00 bits per heavy atom. The number of hydrogen-bond donors (Lipinski definition) is 1. The molecular weight excluding hydrogens is 248 g/mol. The van der Waals surface area contributed by atoms with E-state index in [1.54, 1.807) is 0 Å². The predicted octanol–water partition coefficient (Wildman–Crippen LogP) is 2.55. The summed E-state index contributed by atoms with van der Waals surface area (Å²) >= 11 is 0. The van der Waals surface area contributed by atoms with Gasteiger partial charge < -0.3 is 10.2 Å². The topological polar surface area (TPSA) is 32.3 Å². The third-order valence-corrected chi connectivity index (χ3v) is 6.32. The van der Waals surface area contributed by atoms with Crippen molar-refractivity contribution in [2.24, 2.45) is 16.7 Å². The fraction of sp³-hybridized carbons (Fsp3) is 0.941. The van der Waals surface area contributed by atoms with E-state index in [0.29, 0.717) is 34.9 Å². The standard InChI is InChI=1S/C17H28N2O/c1-16(2)7-12-8-17(3,9-16)10-19(12)15(20)13-6-11-4-5-14(13)18-11/h11-14,18H,4-10H2,1-3H3. The molecule has 0 aromatic heterocycles. The molecule has 1 aliphatic carbocycles. The first-order chi connectivity index (χ1) is 9.35. The Bertz CT molecular complexity index is 446. The Morgan fingerprint density at radius 3 is 2.65 bits per heavy atom. The molecule has 4 rings (SSSR count). The van der Waals surface area contributed by atoms with Crippen LogP contribution >= 0.6 is 0 Å². The van der Waals surface area contributed by atoms with E-state index in [1.807, 2.05) is 0 Å². The molecule has 20 heavy (non-hydrogen) atoms. The van der Waals surface area contributed by atoms with E-state index >= 15 is 0 Å². The normalized spacial score (nSPS) is 48.9. The number of nitrogens with zero attached hydrogens (tertiary/aromatic N) is 1. The summed E-state index contributed by atoms with van der Waals surface area (Å²) in [5, 5.41) is 3.62. The molecule has 4 fully saturated rings. The van der Waals surface area contributed by atoms with Gasteiger partial charge in [-0.05, 0) is 49.4 Å². The summed E-state index contributed by atoms with van der Waals surface area (Å²) < 4.78 is 0. The quantitative estimate of drug-likeness (QED) is 0.798. The van der Waals surface area contributed by atoms with Gasteiger partial charge in [0.05, 0.1) is 5.92 Å². The monoisotopic (exact) mass is 276 g/mol. The molecule has 0 aromatic rings.